The van der Waals surface area contributed by atoms with Gasteiger partial charge in [-0.1, -0.05) is 103 Å². The average Bonchev–Trinajstić information content (AvgIpc) is 3.27. The minimum Gasteiger partial charge on any atom is -0.672 e. The minimum absolute atomic E-state index is 0.186. The van der Waals surface area contributed by atoms with E-state index in [1.807, 2.05) is 78.9 Å². The van der Waals surface area contributed by atoms with Crippen LogP contribution in [0.4, 0.5) is 0 Å². The van der Waals surface area contributed by atoms with Crippen molar-refractivity contribution in [2.45, 2.75) is 6.04 Å². The zero-order valence-corrected chi connectivity index (χ0v) is 29.1. The fourth-order valence-corrected chi connectivity index (χ4v) is 7.34. The molecule has 4 aromatic carbocycles. The number of hydrogen-bond donors (Lipinski definition) is 0. The van der Waals surface area contributed by atoms with Crippen LogP contribution in [0.3, 0.4) is 0 Å². The maximum Gasteiger partial charge on any atom is 0.0894 e. The van der Waals surface area contributed by atoms with E-state index in [9.17, 15) is 0 Å². The zero-order valence-electron chi connectivity index (χ0n) is 29.1. The Morgan fingerprint density at radius 1 is 0.389 bits per heavy atom. The van der Waals surface area contributed by atoms with Crippen molar-refractivity contribution >= 4 is 38.0 Å². The van der Waals surface area contributed by atoms with Crippen LogP contribution in [-0.4, -0.2) is 24.9 Å². The molecule has 9 aromatic rings. The van der Waals surface area contributed by atoms with Crippen molar-refractivity contribution in [2.24, 2.45) is 0 Å². The van der Waals surface area contributed by atoms with Crippen molar-refractivity contribution in [1.82, 2.24) is 24.9 Å². The lowest BCUT2D eigenvalue weighted by Gasteiger charge is -2.35. The number of nitrogens with zero attached hydrogens (tertiary/aromatic N) is 6. The van der Waals surface area contributed by atoms with Gasteiger partial charge in [0.1, 0.15) is 0 Å². The standard InChI is InChI=1S/C48H31N6/c1-2-12-34-33(11-1)37-29-31(39-15-7-19-45(51-39)47-21-9-17-43(53-47)41-13-3-5-27-49-41)23-25-35(37)36-26-24-32(30-38(34)36)40-16-8-20-46(52-40)48-22-10-18-44(54-48)42-14-4-6-28-50-42/h1-30,47H/q-1. The first-order chi connectivity index (χ1) is 26.7. The number of allylic oxidation sites excluding steroid dienone is 2. The van der Waals surface area contributed by atoms with Crippen LogP contribution in [0.1, 0.15) is 17.4 Å². The van der Waals surface area contributed by atoms with Gasteiger partial charge in [0.2, 0.25) is 0 Å². The summed E-state index contributed by atoms with van der Waals surface area (Å²) in [6, 6.07) is 51.9. The summed E-state index contributed by atoms with van der Waals surface area (Å²) in [5, 5.41) is 12.2. The number of aromatic nitrogens is 5. The van der Waals surface area contributed by atoms with Gasteiger partial charge in [-0.3, -0.25) is 15.0 Å². The molecule has 0 saturated heterocycles. The Morgan fingerprint density at radius 3 is 1.52 bits per heavy atom. The molecular formula is C48H31N6-. The van der Waals surface area contributed by atoms with Crippen LogP contribution >= 0.6 is 0 Å². The monoisotopic (exact) mass is 691 g/mol. The Hall–Kier alpha value is -7.31. The smallest absolute Gasteiger partial charge is 0.0894 e. The molecule has 5 aromatic heterocycles. The first kappa shape index (κ1) is 31.4. The minimum atomic E-state index is -0.186. The molecule has 6 heteroatoms. The summed E-state index contributed by atoms with van der Waals surface area (Å²) < 4.78 is 0. The van der Waals surface area contributed by atoms with Crippen molar-refractivity contribution in [3.63, 3.8) is 0 Å². The van der Waals surface area contributed by atoms with Crippen LogP contribution in [0.5, 0.6) is 0 Å². The number of fused-ring (bicyclic) bond motifs is 6. The van der Waals surface area contributed by atoms with Crippen LogP contribution in [-0.2, 0) is 0 Å². The summed E-state index contributed by atoms with van der Waals surface area (Å²) in [7, 11) is 0. The van der Waals surface area contributed by atoms with E-state index in [1.165, 1.54) is 32.3 Å². The molecule has 6 heterocycles. The SMILES string of the molecule is C1=CC(c2cccc(-c3ccc4c5ccc(-c6cccc(-c7cccc(-c8ccccn8)n7)n6)cc5c5ccccc5c4c3)n2)[N-]C(c2ccccn2)=C1. The van der Waals surface area contributed by atoms with Crippen molar-refractivity contribution in [3.8, 4) is 45.3 Å². The van der Waals surface area contributed by atoms with Gasteiger partial charge in [0, 0.05) is 34.9 Å². The number of hydrogen-bond acceptors (Lipinski definition) is 5. The highest BCUT2D eigenvalue weighted by atomic mass is 15.0. The quantitative estimate of drug-likeness (QED) is 0.162. The van der Waals surface area contributed by atoms with Gasteiger partial charge in [0.15, 0.2) is 0 Å². The molecule has 10 rings (SSSR count). The van der Waals surface area contributed by atoms with Gasteiger partial charge in [-0.05, 0) is 105 Å². The van der Waals surface area contributed by atoms with E-state index < -0.39 is 0 Å². The summed E-state index contributed by atoms with van der Waals surface area (Å²) in [5.74, 6) is 0. The molecule has 254 valence electrons. The van der Waals surface area contributed by atoms with Crippen molar-refractivity contribution in [1.29, 1.82) is 0 Å². The Morgan fingerprint density at radius 2 is 0.889 bits per heavy atom. The van der Waals surface area contributed by atoms with Crippen LogP contribution in [0.25, 0.3) is 88.6 Å². The molecule has 0 fully saturated rings. The van der Waals surface area contributed by atoms with Gasteiger partial charge in [-0.25, -0.2) is 9.97 Å². The van der Waals surface area contributed by atoms with E-state index in [4.69, 9.17) is 20.3 Å². The van der Waals surface area contributed by atoms with Crippen LogP contribution < -0.4 is 0 Å². The third-order valence-corrected chi connectivity index (χ3v) is 9.94. The summed E-state index contributed by atoms with van der Waals surface area (Å²) in [4.78, 5) is 24.1. The second kappa shape index (κ2) is 13.3. The lowest BCUT2D eigenvalue weighted by molar-refractivity contribution is 0.961. The fourth-order valence-electron chi connectivity index (χ4n) is 7.34. The van der Waals surface area contributed by atoms with Crippen LogP contribution in [0.15, 0.2) is 182 Å². The molecule has 0 saturated carbocycles. The van der Waals surface area contributed by atoms with Gasteiger partial charge in [-0.2, -0.15) is 0 Å². The molecule has 0 radical (unpaired) electrons. The van der Waals surface area contributed by atoms with E-state index >= 15 is 0 Å². The molecule has 0 bridgehead atoms. The second-order valence-electron chi connectivity index (χ2n) is 13.3. The predicted octanol–water partition coefficient (Wildman–Crippen LogP) is 11.8. The van der Waals surface area contributed by atoms with E-state index in [0.29, 0.717) is 0 Å². The zero-order chi connectivity index (χ0) is 35.8. The first-order valence-electron chi connectivity index (χ1n) is 18.0. The molecule has 0 amide bonds. The van der Waals surface area contributed by atoms with E-state index in [-0.39, 0.29) is 6.04 Å². The largest absolute Gasteiger partial charge is 0.672 e. The van der Waals surface area contributed by atoms with E-state index in [0.717, 1.165) is 62.4 Å². The molecular weight excluding hydrogens is 661 g/mol. The van der Waals surface area contributed by atoms with Crippen LogP contribution in [0, 0.1) is 0 Å². The Balaban J connectivity index is 1.01. The third-order valence-electron chi connectivity index (χ3n) is 9.94. The van der Waals surface area contributed by atoms with E-state index in [1.54, 1.807) is 12.4 Å². The molecule has 0 aliphatic carbocycles. The topological polar surface area (TPSA) is 78.5 Å². The Bertz CT molecular complexity index is 2900. The molecule has 6 nitrogen and oxygen atoms in total. The summed E-state index contributed by atoms with van der Waals surface area (Å²) >= 11 is 0. The normalized spacial score (nSPS) is 13.9. The van der Waals surface area contributed by atoms with Gasteiger partial charge in [0.05, 0.1) is 34.2 Å². The molecule has 0 spiro atoms. The third kappa shape index (κ3) is 5.76. The summed E-state index contributed by atoms with van der Waals surface area (Å²) in [6.07, 6.45) is 9.70. The van der Waals surface area contributed by atoms with Gasteiger partial charge in [0.25, 0.3) is 0 Å². The molecule has 1 unspecified atom stereocenters. The second-order valence-corrected chi connectivity index (χ2v) is 13.3. The maximum absolute atomic E-state index is 5.13. The average molecular weight is 692 g/mol. The molecule has 0 N–H and O–H groups in total. The maximum atomic E-state index is 5.13. The van der Waals surface area contributed by atoms with Crippen molar-refractivity contribution < 1.29 is 0 Å². The van der Waals surface area contributed by atoms with Gasteiger partial charge >= 0.3 is 0 Å². The number of pyridine rings is 5. The highest BCUT2D eigenvalue weighted by molar-refractivity contribution is 6.26. The van der Waals surface area contributed by atoms with Crippen molar-refractivity contribution in [3.05, 3.63) is 199 Å². The molecule has 1 aliphatic heterocycles. The fraction of sp³-hybridized carbons (Fsp3) is 0.0208. The van der Waals surface area contributed by atoms with Gasteiger partial charge in [-0.15, -0.1) is 5.70 Å². The molecule has 1 aliphatic rings. The molecule has 1 atom stereocenters. The Kier molecular flexibility index (Phi) is 7.77. The lowest BCUT2D eigenvalue weighted by atomic mass is 9.91. The summed E-state index contributed by atoms with van der Waals surface area (Å²) in [5.41, 5.74) is 9.81. The molecule has 54 heavy (non-hydrogen) atoms. The lowest BCUT2D eigenvalue weighted by Crippen LogP contribution is -2.02. The number of rotatable bonds is 6. The van der Waals surface area contributed by atoms with Gasteiger partial charge < -0.3 is 5.32 Å². The first-order valence-corrected chi connectivity index (χ1v) is 18.0. The van der Waals surface area contributed by atoms with Crippen molar-refractivity contribution in [2.75, 3.05) is 0 Å². The highest BCUT2D eigenvalue weighted by Crippen LogP contribution is 2.40. The summed E-state index contributed by atoms with van der Waals surface area (Å²) in [6.45, 7) is 0. The Labute approximate surface area is 312 Å². The number of benzene rings is 4. The van der Waals surface area contributed by atoms with E-state index in [2.05, 4.69) is 101 Å². The predicted molar refractivity (Wildman–Crippen MR) is 219 cm³/mol. The van der Waals surface area contributed by atoms with Crippen LogP contribution in [0.2, 0.25) is 0 Å². The highest BCUT2D eigenvalue weighted by Gasteiger charge is 2.14.